The third-order valence-corrected chi connectivity index (χ3v) is 4.34. The maximum atomic E-state index is 4.70. The van der Waals surface area contributed by atoms with E-state index in [1.165, 1.54) is 5.56 Å². The first-order valence-corrected chi connectivity index (χ1v) is 8.22. The van der Waals surface area contributed by atoms with E-state index in [0.29, 0.717) is 5.82 Å². The number of nitrogens with one attached hydrogen (secondary N) is 1. The molecule has 1 N–H and O–H groups in total. The van der Waals surface area contributed by atoms with Crippen LogP contribution >= 0.6 is 31.9 Å². The molecule has 0 fully saturated rings. The van der Waals surface area contributed by atoms with E-state index in [0.717, 1.165) is 52.0 Å². The predicted molar refractivity (Wildman–Crippen MR) is 86.9 cm³/mol. The Kier molecular flexibility index (Phi) is 4.03. The van der Waals surface area contributed by atoms with E-state index in [2.05, 4.69) is 54.1 Å². The fourth-order valence-electron chi connectivity index (χ4n) is 2.43. The lowest BCUT2D eigenvalue weighted by Gasteiger charge is -2.11. The highest BCUT2D eigenvalue weighted by Crippen LogP contribution is 2.31. The summed E-state index contributed by atoms with van der Waals surface area (Å²) in [6, 6.07) is 1.96. The van der Waals surface area contributed by atoms with Crippen molar-refractivity contribution in [1.29, 1.82) is 0 Å². The minimum Gasteiger partial charge on any atom is -0.370 e. The van der Waals surface area contributed by atoms with Crippen LogP contribution < -0.4 is 5.32 Å². The van der Waals surface area contributed by atoms with Gasteiger partial charge >= 0.3 is 0 Å². The second-order valence-electron chi connectivity index (χ2n) is 4.69. The van der Waals surface area contributed by atoms with E-state index in [9.17, 15) is 0 Å². The molecule has 0 atom stereocenters. The highest BCUT2D eigenvalue weighted by Gasteiger charge is 2.20. The van der Waals surface area contributed by atoms with Crippen LogP contribution in [0.3, 0.4) is 0 Å². The second kappa shape index (κ2) is 5.77. The summed E-state index contributed by atoms with van der Waals surface area (Å²) in [6.45, 7) is 2.94. The zero-order valence-corrected chi connectivity index (χ0v) is 14.3. The lowest BCUT2D eigenvalue weighted by molar-refractivity contribution is 0.899. The van der Waals surface area contributed by atoms with Crippen LogP contribution in [0, 0.1) is 0 Å². The SMILES string of the molecule is CCNc1nc(-c2ncc(Br)cc2Br)nc2c1CCC2. The third kappa shape index (κ3) is 2.59. The Labute approximate surface area is 134 Å². The molecule has 6 heteroatoms. The quantitative estimate of drug-likeness (QED) is 0.850. The number of fused-ring (bicyclic) bond motifs is 1. The monoisotopic (exact) mass is 396 g/mol. The molecule has 0 unspecified atom stereocenters. The Morgan fingerprint density at radius 3 is 2.85 bits per heavy atom. The van der Waals surface area contributed by atoms with E-state index < -0.39 is 0 Å². The largest absolute Gasteiger partial charge is 0.370 e. The minimum absolute atomic E-state index is 0.681. The van der Waals surface area contributed by atoms with Crippen LogP contribution in [0.1, 0.15) is 24.6 Å². The van der Waals surface area contributed by atoms with E-state index in [-0.39, 0.29) is 0 Å². The Bertz CT molecular complexity index is 658. The van der Waals surface area contributed by atoms with Gasteiger partial charge in [-0.1, -0.05) is 0 Å². The van der Waals surface area contributed by atoms with Crippen molar-refractivity contribution in [2.45, 2.75) is 26.2 Å². The van der Waals surface area contributed by atoms with Gasteiger partial charge in [0.1, 0.15) is 11.5 Å². The molecule has 4 nitrogen and oxygen atoms in total. The number of anilines is 1. The molecule has 0 radical (unpaired) electrons. The van der Waals surface area contributed by atoms with Crippen LogP contribution in [-0.4, -0.2) is 21.5 Å². The molecule has 1 aliphatic carbocycles. The molecule has 0 bridgehead atoms. The summed E-state index contributed by atoms with van der Waals surface area (Å²) in [5.74, 6) is 1.64. The van der Waals surface area contributed by atoms with Gasteiger partial charge in [-0.05, 0) is 64.1 Å². The number of nitrogens with zero attached hydrogens (tertiary/aromatic N) is 3. The van der Waals surface area contributed by atoms with Crippen LogP contribution in [0.15, 0.2) is 21.2 Å². The number of pyridine rings is 1. The van der Waals surface area contributed by atoms with Crippen molar-refractivity contribution in [3.8, 4) is 11.5 Å². The fourth-order valence-corrected chi connectivity index (χ4v) is 3.60. The highest BCUT2D eigenvalue weighted by molar-refractivity contribution is 9.11. The first kappa shape index (κ1) is 13.9. The molecule has 2 aromatic heterocycles. The average Bonchev–Trinajstić information content (AvgIpc) is 2.87. The predicted octanol–water partition coefficient (Wildman–Crippen LogP) is 3.98. The molecule has 0 spiro atoms. The Hall–Kier alpha value is -1.01. The zero-order chi connectivity index (χ0) is 14.1. The molecule has 0 saturated carbocycles. The van der Waals surface area contributed by atoms with Crippen LogP contribution in [0.5, 0.6) is 0 Å². The summed E-state index contributed by atoms with van der Waals surface area (Å²) in [7, 11) is 0. The summed E-state index contributed by atoms with van der Waals surface area (Å²) in [6.07, 6.45) is 5.01. The number of hydrogen-bond acceptors (Lipinski definition) is 4. The summed E-state index contributed by atoms with van der Waals surface area (Å²) in [5, 5.41) is 3.35. The smallest absolute Gasteiger partial charge is 0.181 e. The molecular formula is C14H14Br2N4. The molecule has 2 heterocycles. The van der Waals surface area contributed by atoms with Crippen LogP contribution in [0.4, 0.5) is 5.82 Å². The molecule has 3 rings (SSSR count). The topological polar surface area (TPSA) is 50.7 Å². The number of aromatic nitrogens is 3. The van der Waals surface area contributed by atoms with Crippen molar-refractivity contribution in [3.05, 3.63) is 32.5 Å². The van der Waals surface area contributed by atoms with Gasteiger partial charge in [0.05, 0.1) is 0 Å². The Morgan fingerprint density at radius 2 is 2.10 bits per heavy atom. The van der Waals surface area contributed by atoms with Gasteiger partial charge in [-0.3, -0.25) is 4.98 Å². The van der Waals surface area contributed by atoms with E-state index >= 15 is 0 Å². The molecule has 0 aliphatic heterocycles. The molecule has 2 aromatic rings. The number of hydrogen-bond donors (Lipinski definition) is 1. The van der Waals surface area contributed by atoms with Crippen LogP contribution in [0.2, 0.25) is 0 Å². The summed E-state index contributed by atoms with van der Waals surface area (Å²) in [5.41, 5.74) is 3.20. The standard InChI is InChI=1S/C14H14Br2N4/c1-2-17-13-9-4-3-5-11(9)19-14(20-13)12-10(16)6-8(15)7-18-12/h6-7H,2-5H2,1H3,(H,17,19,20). The Morgan fingerprint density at radius 1 is 1.25 bits per heavy atom. The fraction of sp³-hybridized carbons (Fsp3) is 0.357. The summed E-state index contributed by atoms with van der Waals surface area (Å²) < 4.78 is 1.83. The van der Waals surface area contributed by atoms with Crippen molar-refractivity contribution >= 4 is 37.7 Å². The molecule has 0 aromatic carbocycles. The summed E-state index contributed by atoms with van der Waals surface area (Å²) in [4.78, 5) is 13.8. The van der Waals surface area contributed by atoms with Crippen LogP contribution in [0.25, 0.3) is 11.5 Å². The highest BCUT2D eigenvalue weighted by atomic mass is 79.9. The summed E-state index contributed by atoms with van der Waals surface area (Å²) >= 11 is 6.95. The van der Waals surface area contributed by atoms with Crippen molar-refractivity contribution in [1.82, 2.24) is 15.0 Å². The third-order valence-electron chi connectivity index (χ3n) is 3.30. The number of rotatable bonds is 3. The maximum Gasteiger partial charge on any atom is 0.181 e. The molecule has 0 amide bonds. The normalized spacial score (nSPS) is 13.3. The average molecular weight is 398 g/mol. The number of halogens is 2. The van der Waals surface area contributed by atoms with Crippen LogP contribution in [-0.2, 0) is 12.8 Å². The van der Waals surface area contributed by atoms with Crippen molar-refractivity contribution in [2.24, 2.45) is 0 Å². The van der Waals surface area contributed by atoms with Gasteiger partial charge in [-0.25, -0.2) is 9.97 Å². The molecule has 0 saturated heterocycles. The molecule has 104 valence electrons. The molecule has 1 aliphatic rings. The number of aryl methyl sites for hydroxylation is 1. The second-order valence-corrected chi connectivity index (χ2v) is 6.46. The van der Waals surface area contributed by atoms with Gasteiger partial charge in [-0.2, -0.15) is 0 Å². The Balaban J connectivity index is 2.12. The lowest BCUT2D eigenvalue weighted by atomic mass is 10.2. The van der Waals surface area contributed by atoms with Gasteiger partial charge in [0.2, 0.25) is 0 Å². The zero-order valence-electron chi connectivity index (χ0n) is 11.1. The van der Waals surface area contributed by atoms with Crippen molar-refractivity contribution in [3.63, 3.8) is 0 Å². The first-order chi connectivity index (χ1) is 9.69. The van der Waals surface area contributed by atoms with Crippen molar-refractivity contribution in [2.75, 3.05) is 11.9 Å². The van der Waals surface area contributed by atoms with Crippen molar-refractivity contribution < 1.29 is 0 Å². The minimum atomic E-state index is 0.681. The maximum absolute atomic E-state index is 4.70. The van der Waals surface area contributed by atoms with Gasteiger partial charge in [0.25, 0.3) is 0 Å². The first-order valence-electron chi connectivity index (χ1n) is 6.64. The van der Waals surface area contributed by atoms with E-state index in [1.807, 2.05) is 6.07 Å². The van der Waals surface area contributed by atoms with E-state index in [1.54, 1.807) is 6.20 Å². The molecule has 20 heavy (non-hydrogen) atoms. The van der Waals surface area contributed by atoms with Gasteiger partial charge < -0.3 is 5.32 Å². The molecular weight excluding hydrogens is 384 g/mol. The van der Waals surface area contributed by atoms with E-state index in [4.69, 9.17) is 4.98 Å². The van der Waals surface area contributed by atoms with Gasteiger partial charge in [0.15, 0.2) is 5.82 Å². The van der Waals surface area contributed by atoms with Gasteiger partial charge in [0, 0.05) is 32.9 Å². The lowest BCUT2D eigenvalue weighted by Crippen LogP contribution is -2.07. The van der Waals surface area contributed by atoms with Gasteiger partial charge in [-0.15, -0.1) is 0 Å².